The van der Waals surface area contributed by atoms with E-state index in [1.54, 1.807) is 31.4 Å². The molecule has 1 unspecified atom stereocenters. The van der Waals surface area contributed by atoms with Gasteiger partial charge in [0.25, 0.3) is 0 Å². The molecule has 1 atom stereocenters. The summed E-state index contributed by atoms with van der Waals surface area (Å²) in [6.45, 7) is 1.09. The van der Waals surface area contributed by atoms with Crippen molar-refractivity contribution in [2.75, 3.05) is 32.6 Å². The van der Waals surface area contributed by atoms with Crippen LogP contribution in [0.2, 0.25) is 0 Å². The molecule has 0 heterocycles. The summed E-state index contributed by atoms with van der Waals surface area (Å²) in [7, 11) is -0.473. The number of rotatable bonds is 9. The molecule has 1 aromatic carbocycles. The molecule has 20 heavy (non-hydrogen) atoms. The molecule has 4 N–H and O–H groups in total. The van der Waals surface area contributed by atoms with Crippen LogP contribution in [0.25, 0.3) is 0 Å². The first kappa shape index (κ1) is 16.9. The highest BCUT2D eigenvalue weighted by atomic mass is 32.2. The van der Waals surface area contributed by atoms with Crippen LogP contribution in [-0.2, 0) is 14.8 Å². The van der Waals surface area contributed by atoms with Crippen LogP contribution in [-0.4, -0.2) is 41.8 Å². The number of sulfonamides is 1. The molecule has 0 aliphatic carbocycles. The van der Waals surface area contributed by atoms with Gasteiger partial charge in [0.15, 0.2) is 0 Å². The minimum absolute atomic E-state index is 0.0248. The lowest BCUT2D eigenvalue weighted by Gasteiger charge is -2.20. The van der Waals surface area contributed by atoms with E-state index in [2.05, 4.69) is 10.0 Å². The Morgan fingerprint density at radius 2 is 2.05 bits per heavy atom. The van der Waals surface area contributed by atoms with E-state index in [-0.39, 0.29) is 10.9 Å². The largest absolute Gasteiger partial charge is 0.383 e. The third-order valence-electron chi connectivity index (χ3n) is 2.93. The van der Waals surface area contributed by atoms with Crippen molar-refractivity contribution in [1.82, 2.24) is 4.72 Å². The molecule has 6 nitrogen and oxygen atoms in total. The van der Waals surface area contributed by atoms with Crippen molar-refractivity contribution in [3.8, 4) is 0 Å². The Balaban J connectivity index is 2.95. The van der Waals surface area contributed by atoms with Crippen molar-refractivity contribution < 1.29 is 13.2 Å². The van der Waals surface area contributed by atoms with Gasteiger partial charge in [-0.25, -0.2) is 13.1 Å². The van der Waals surface area contributed by atoms with Gasteiger partial charge in [0.05, 0.1) is 12.3 Å². The first-order valence-corrected chi connectivity index (χ1v) is 8.01. The molecule has 1 rings (SSSR count). The molecule has 0 saturated heterocycles. The Labute approximate surface area is 120 Å². The number of ether oxygens (including phenoxy) is 1. The van der Waals surface area contributed by atoms with Crippen molar-refractivity contribution >= 4 is 15.7 Å². The molecule has 0 aliphatic heterocycles. The lowest BCUT2D eigenvalue weighted by Crippen LogP contribution is -2.28. The van der Waals surface area contributed by atoms with Crippen molar-refractivity contribution in [3.05, 3.63) is 24.3 Å². The molecule has 7 heteroatoms. The standard InChI is InChI=1S/C13H23N3O3S/c1-15-20(17,18)13-8-4-3-7-12(13)16-11(10-19-2)6-5-9-14/h3-4,7-8,11,15-16H,5-6,9-10,14H2,1-2H3. The average molecular weight is 301 g/mol. The molecule has 0 fully saturated rings. The zero-order valence-electron chi connectivity index (χ0n) is 11.9. The van der Waals surface area contributed by atoms with Crippen molar-refractivity contribution in [1.29, 1.82) is 0 Å². The molecular weight excluding hydrogens is 278 g/mol. The number of methoxy groups -OCH3 is 1. The van der Waals surface area contributed by atoms with Crippen molar-refractivity contribution in [2.45, 2.75) is 23.8 Å². The molecular formula is C13H23N3O3S. The second-order valence-corrected chi connectivity index (χ2v) is 6.29. The third-order valence-corrected chi connectivity index (χ3v) is 4.40. The number of anilines is 1. The highest BCUT2D eigenvalue weighted by Crippen LogP contribution is 2.22. The first-order valence-electron chi connectivity index (χ1n) is 6.53. The fourth-order valence-corrected chi connectivity index (χ4v) is 2.81. The van der Waals surface area contributed by atoms with E-state index >= 15 is 0 Å². The van der Waals surface area contributed by atoms with Crippen LogP contribution in [0.3, 0.4) is 0 Å². The molecule has 0 spiro atoms. The van der Waals surface area contributed by atoms with Gasteiger partial charge in [-0.15, -0.1) is 0 Å². The second kappa shape index (κ2) is 8.21. The Morgan fingerprint density at radius 3 is 2.65 bits per heavy atom. The quantitative estimate of drug-likeness (QED) is 0.626. The Hall–Kier alpha value is -1.15. The van der Waals surface area contributed by atoms with E-state index in [0.29, 0.717) is 18.8 Å². The van der Waals surface area contributed by atoms with E-state index in [0.717, 1.165) is 12.8 Å². The van der Waals surface area contributed by atoms with Crippen LogP contribution >= 0.6 is 0 Å². The topological polar surface area (TPSA) is 93.5 Å². The van der Waals surface area contributed by atoms with Crippen LogP contribution in [0, 0.1) is 0 Å². The Kier molecular flexibility index (Phi) is 6.94. The number of benzene rings is 1. The fraction of sp³-hybridized carbons (Fsp3) is 0.538. The lowest BCUT2D eigenvalue weighted by atomic mass is 10.1. The average Bonchev–Trinajstić information content (AvgIpc) is 2.45. The van der Waals surface area contributed by atoms with E-state index in [1.807, 2.05) is 0 Å². The van der Waals surface area contributed by atoms with Crippen LogP contribution in [0.15, 0.2) is 29.2 Å². The van der Waals surface area contributed by atoms with Crippen LogP contribution in [0.4, 0.5) is 5.69 Å². The van der Waals surface area contributed by atoms with E-state index in [1.165, 1.54) is 7.05 Å². The predicted octanol–water partition coefficient (Wildman–Crippen LogP) is 0.761. The van der Waals surface area contributed by atoms with Gasteiger partial charge in [-0.1, -0.05) is 12.1 Å². The van der Waals surface area contributed by atoms with Crippen LogP contribution in [0.1, 0.15) is 12.8 Å². The highest BCUT2D eigenvalue weighted by molar-refractivity contribution is 7.89. The monoisotopic (exact) mass is 301 g/mol. The van der Waals surface area contributed by atoms with Gasteiger partial charge in [0, 0.05) is 13.2 Å². The zero-order chi connectivity index (χ0) is 15.0. The van der Waals surface area contributed by atoms with Crippen LogP contribution < -0.4 is 15.8 Å². The van der Waals surface area contributed by atoms with E-state index in [9.17, 15) is 8.42 Å². The third kappa shape index (κ3) is 4.75. The summed E-state index contributed by atoms with van der Waals surface area (Å²) in [4.78, 5) is 0.233. The maximum Gasteiger partial charge on any atom is 0.242 e. The maximum atomic E-state index is 12.0. The Morgan fingerprint density at radius 1 is 1.35 bits per heavy atom. The molecule has 0 amide bonds. The summed E-state index contributed by atoms with van der Waals surface area (Å²) < 4.78 is 31.4. The summed E-state index contributed by atoms with van der Waals surface area (Å²) >= 11 is 0. The molecule has 0 saturated carbocycles. The van der Waals surface area contributed by atoms with Gasteiger partial charge in [-0.3, -0.25) is 0 Å². The zero-order valence-corrected chi connectivity index (χ0v) is 12.7. The summed E-state index contributed by atoms with van der Waals surface area (Å²) in [6.07, 6.45) is 1.67. The van der Waals surface area contributed by atoms with Crippen molar-refractivity contribution in [3.63, 3.8) is 0 Å². The number of nitrogens with two attached hydrogens (primary N) is 1. The van der Waals surface area contributed by atoms with E-state index in [4.69, 9.17) is 10.5 Å². The lowest BCUT2D eigenvalue weighted by molar-refractivity contribution is 0.182. The van der Waals surface area contributed by atoms with Crippen molar-refractivity contribution in [2.24, 2.45) is 5.73 Å². The van der Waals surface area contributed by atoms with Gasteiger partial charge in [0.2, 0.25) is 10.0 Å². The van der Waals surface area contributed by atoms with Gasteiger partial charge in [-0.2, -0.15) is 0 Å². The summed E-state index contributed by atoms with van der Waals surface area (Å²) in [5, 5.41) is 3.22. The molecule has 114 valence electrons. The molecule has 0 radical (unpaired) electrons. The van der Waals surface area contributed by atoms with Gasteiger partial charge < -0.3 is 15.8 Å². The maximum absolute atomic E-state index is 12.0. The predicted molar refractivity (Wildman–Crippen MR) is 80.3 cm³/mol. The van der Waals surface area contributed by atoms with Gasteiger partial charge in [0.1, 0.15) is 4.90 Å². The van der Waals surface area contributed by atoms with E-state index < -0.39 is 10.0 Å². The summed E-state index contributed by atoms with van der Waals surface area (Å²) in [5.41, 5.74) is 6.08. The minimum atomic E-state index is -3.49. The number of nitrogens with one attached hydrogen (secondary N) is 2. The first-order chi connectivity index (χ1) is 9.55. The Bertz CT molecular complexity index is 505. The SMILES string of the molecule is CNS(=O)(=O)c1ccccc1NC(CCCN)COC. The second-order valence-electron chi connectivity index (χ2n) is 4.43. The molecule has 0 aliphatic rings. The normalized spacial score (nSPS) is 13.2. The highest BCUT2D eigenvalue weighted by Gasteiger charge is 2.18. The number of para-hydroxylation sites is 1. The summed E-state index contributed by atoms with van der Waals surface area (Å²) in [6, 6.07) is 6.83. The number of hydrogen-bond donors (Lipinski definition) is 3. The fourth-order valence-electron chi connectivity index (χ4n) is 1.91. The molecule has 0 aromatic heterocycles. The van der Waals surface area contributed by atoms with Gasteiger partial charge >= 0.3 is 0 Å². The minimum Gasteiger partial charge on any atom is -0.383 e. The number of hydrogen-bond acceptors (Lipinski definition) is 5. The molecule has 0 bridgehead atoms. The van der Waals surface area contributed by atoms with Crippen LogP contribution in [0.5, 0.6) is 0 Å². The molecule has 1 aromatic rings. The van der Waals surface area contributed by atoms with Gasteiger partial charge in [-0.05, 0) is 38.6 Å². The summed E-state index contributed by atoms with van der Waals surface area (Å²) in [5.74, 6) is 0. The smallest absolute Gasteiger partial charge is 0.242 e.